The van der Waals surface area contributed by atoms with Gasteiger partial charge in [-0.25, -0.2) is 0 Å². The SMILES string of the molecule is CCCN(Cc1ccc(C)cn1)CC1CCCCN1. The van der Waals surface area contributed by atoms with E-state index in [1.165, 1.54) is 43.5 Å². The average molecular weight is 261 g/mol. The molecule has 0 radical (unpaired) electrons. The third-order valence-electron chi connectivity index (χ3n) is 3.79. The van der Waals surface area contributed by atoms with Gasteiger partial charge in [0.25, 0.3) is 0 Å². The third kappa shape index (κ3) is 4.92. The molecule has 1 N–H and O–H groups in total. The second kappa shape index (κ2) is 7.61. The molecule has 1 saturated heterocycles. The molecule has 2 rings (SSSR count). The van der Waals surface area contributed by atoms with Crippen molar-refractivity contribution in [1.29, 1.82) is 0 Å². The van der Waals surface area contributed by atoms with E-state index >= 15 is 0 Å². The largest absolute Gasteiger partial charge is 0.313 e. The van der Waals surface area contributed by atoms with E-state index in [0.717, 1.165) is 19.6 Å². The van der Waals surface area contributed by atoms with Gasteiger partial charge < -0.3 is 5.32 Å². The Hall–Kier alpha value is -0.930. The Labute approximate surface area is 117 Å². The van der Waals surface area contributed by atoms with Crippen molar-refractivity contribution in [3.63, 3.8) is 0 Å². The molecule has 1 aliphatic heterocycles. The minimum Gasteiger partial charge on any atom is -0.313 e. The molecule has 0 amide bonds. The number of rotatable bonds is 6. The lowest BCUT2D eigenvalue weighted by molar-refractivity contribution is 0.215. The molecule has 0 bridgehead atoms. The molecule has 0 spiro atoms. The van der Waals surface area contributed by atoms with Crippen LogP contribution < -0.4 is 5.32 Å². The first-order chi connectivity index (χ1) is 9.28. The number of aryl methyl sites for hydroxylation is 1. The lowest BCUT2D eigenvalue weighted by Crippen LogP contribution is -2.43. The standard InChI is InChI=1S/C16H27N3/c1-3-10-19(12-15-6-4-5-9-17-15)13-16-8-7-14(2)11-18-16/h7-8,11,15,17H,3-6,9-10,12-13H2,1-2H3. The van der Waals surface area contributed by atoms with Gasteiger partial charge in [0.15, 0.2) is 0 Å². The first kappa shape index (κ1) is 14.5. The highest BCUT2D eigenvalue weighted by atomic mass is 15.2. The van der Waals surface area contributed by atoms with E-state index in [-0.39, 0.29) is 0 Å². The zero-order valence-corrected chi connectivity index (χ0v) is 12.4. The Kier molecular flexibility index (Phi) is 5.80. The van der Waals surface area contributed by atoms with E-state index < -0.39 is 0 Å². The zero-order valence-electron chi connectivity index (χ0n) is 12.4. The second-order valence-electron chi connectivity index (χ2n) is 5.71. The van der Waals surface area contributed by atoms with E-state index in [0.29, 0.717) is 6.04 Å². The van der Waals surface area contributed by atoms with Crippen LogP contribution in [0.15, 0.2) is 18.3 Å². The molecule has 2 heterocycles. The van der Waals surface area contributed by atoms with Gasteiger partial charge in [0.05, 0.1) is 5.69 Å². The highest BCUT2D eigenvalue weighted by Gasteiger charge is 2.16. The quantitative estimate of drug-likeness (QED) is 0.853. The Balaban J connectivity index is 1.89. The molecule has 1 aliphatic rings. The van der Waals surface area contributed by atoms with Crippen molar-refractivity contribution < 1.29 is 0 Å². The summed E-state index contributed by atoms with van der Waals surface area (Å²) in [5.41, 5.74) is 2.43. The summed E-state index contributed by atoms with van der Waals surface area (Å²) in [6, 6.07) is 4.99. The summed E-state index contributed by atoms with van der Waals surface area (Å²) in [6.07, 6.45) is 7.21. The Morgan fingerprint density at radius 1 is 1.37 bits per heavy atom. The smallest absolute Gasteiger partial charge is 0.0544 e. The van der Waals surface area contributed by atoms with Crippen LogP contribution in [0.4, 0.5) is 0 Å². The van der Waals surface area contributed by atoms with Crippen molar-refractivity contribution >= 4 is 0 Å². The number of piperidine rings is 1. The second-order valence-corrected chi connectivity index (χ2v) is 5.71. The molecule has 1 aromatic rings. The highest BCUT2D eigenvalue weighted by Crippen LogP contribution is 2.11. The minimum absolute atomic E-state index is 0.672. The summed E-state index contributed by atoms with van der Waals surface area (Å²) in [6.45, 7) is 8.83. The molecule has 1 aromatic heterocycles. The van der Waals surface area contributed by atoms with Gasteiger partial charge in [0.2, 0.25) is 0 Å². The van der Waals surface area contributed by atoms with Crippen LogP contribution in [0.25, 0.3) is 0 Å². The average Bonchev–Trinajstić information content (AvgIpc) is 2.43. The Morgan fingerprint density at radius 2 is 2.26 bits per heavy atom. The Bertz CT molecular complexity index is 355. The zero-order chi connectivity index (χ0) is 13.5. The fraction of sp³-hybridized carbons (Fsp3) is 0.688. The van der Waals surface area contributed by atoms with Crippen LogP contribution in [0.3, 0.4) is 0 Å². The summed E-state index contributed by atoms with van der Waals surface area (Å²) in [7, 11) is 0. The van der Waals surface area contributed by atoms with Crippen LogP contribution in [-0.2, 0) is 6.54 Å². The van der Waals surface area contributed by atoms with Crippen LogP contribution in [0.1, 0.15) is 43.9 Å². The third-order valence-corrected chi connectivity index (χ3v) is 3.79. The first-order valence-corrected chi connectivity index (χ1v) is 7.65. The van der Waals surface area contributed by atoms with Crippen LogP contribution in [-0.4, -0.2) is 35.6 Å². The molecule has 106 valence electrons. The van der Waals surface area contributed by atoms with Crippen molar-refractivity contribution in [2.24, 2.45) is 0 Å². The lowest BCUT2D eigenvalue weighted by atomic mass is 10.0. The molecule has 0 aromatic carbocycles. The number of aromatic nitrogens is 1. The maximum atomic E-state index is 4.53. The summed E-state index contributed by atoms with van der Waals surface area (Å²) < 4.78 is 0. The van der Waals surface area contributed by atoms with Crippen molar-refractivity contribution in [2.45, 2.75) is 52.1 Å². The number of hydrogen-bond donors (Lipinski definition) is 1. The first-order valence-electron chi connectivity index (χ1n) is 7.65. The van der Waals surface area contributed by atoms with Gasteiger partial charge in [-0.15, -0.1) is 0 Å². The summed E-state index contributed by atoms with van der Waals surface area (Å²) >= 11 is 0. The van der Waals surface area contributed by atoms with E-state index in [1.807, 2.05) is 6.20 Å². The van der Waals surface area contributed by atoms with E-state index in [4.69, 9.17) is 0 Å². The van der Waals surface area contributed by atoms with Crippen LogP contribution >= 0.6 is 0 Å². The predicted molar refractivity (Wildman–Crippen MR) is 80.2 cm³/mol. The van der Waals surface area contributed by atoms with Crippen LogP contribution in [0, 0.1) is 6.92 Å². The van der Waals surface area contributed by atoms with Crippen molar-refractivity contribution in [2.75, 3.05) is 19.6 Å². The number of nitrogens with zero attached hydrogens (tertiary/aromatic N) is 2. The van der Waals surface area contributed by atoms with Crippen molar-refractivity contribution in [3.05, 3.63) is 29.6 Å². The van der Waals surface area contributed by atoms with Crippen molar-refractivity contribution in [3.8, 4) is 0 Å². The van der Waals surface area contributed by atoms with Crippen LogP contribution in [0.5, 0.6) is 0 Å². The van der Waals surface area contributed by atoms with E-state index in [1.54, 1.807) is 0 Å². The van der Waals surface area contributed by atoms with Gasteiger partial charge in [0, 0.05) is 25.3 Å². The number of pyridine rings is 1. The predicted octanol–water partition coefficient (Wildman–Crippen LogP) is 2.74. The normalized spacial score (nSPS) is 19.8. The lowest BCUT2D eigenvalue weighted by Gasteiger charge is -2.30. The van der Waals surface area contributed by atoms with Crippen LogP contribution in [0.2, 0.25) is 0 Å². The minimum atomic E-state index is 0.672. The summed E-state index contributed by atoms with van der Waals surface area (Å²) in [5, 5.41) is 3.64. The molecule has 0 aliphatic carbocycles. The monoisotopic (exact) mass is 261 g/mol. The molecule has 1 fully saturated rings. The van der Waals surface area contributed by atoms with Gasteiger partial charge in [-0.3, -0.25) is 9.88 Å². The molecule has 3 nitrogen and oxygen atoms in total. The van der Waals surface area contributed by atoms with Gasteiger partial charge in [-0.2, -0.15) is 0 Å². The topological polar surface area (TPSA) is 28.2 Å². The number of hydrogen-bond acceptors (Lipinski definition) is 3. The Morgan fingerprint density at radius 3 is 2.89 bits per heavy atom. The van der Waals surface area contributed by atoms with Gasteiger partial charge >= 0.3 is 0 Å². The number of nitrogens with one attached hydrogen (secondary N) is 1. The molecule has 0 saturated carbocycles. The fourth-order valence-corrected chi connectivity index (χ4v) is 2.76. The molecular weight excluding hydrogens is 234 g/mol. The molecule has 1 atom stereocenters. The van der Waals surface area contributed by atoms with Crippen molar-refractivity contribution in [1.82, 2.24) is 15.2 Å². The summed E-state index contributed by atoms with van der Waals surface area (Å²) in [4.78, 5) is 7.07. The van der Waals surface area contributed by atoms with Gasteiger partial charge in [-0.05, 0) is 50.9 Å². The van der Waals surface area contributed by atoms with E-state index in [9.17, 15) is 0 Å². The fourth-order valence-electron chi connectivity index (χ4n) is 2.76. The van der Waals surface area contributed by atoms with Gasteiger partial charge in [-0.1, -0.05) is 19.4 Å². The van der Waals surface area contributed by atoms with E-state index in [2.05, 4.69) is 41.2 Å². The highest BCUT2D eigenvalue weighted by molar-refractivity contribution is 5.12. The maximum absolute atomic E-state index is 4.53. The molecule has 19 heavy (non-hydrogen) atoms. The summed E-state index contributed by atoms with van der Waals surface area (Å²) in [5.74, 6) is 0. The molecular formula is C16H27N3. The molecule has 1 unspecified atom stereocenters. The van der Waals surface area contributed by atoms with Gasteiger partial charge in [0.1, 0.15) is 0 Å². The maximum Gasteiger partial charge on any atom is 0.0544 e. The molecule has 3 heteroatoms.